The number of hydrogen-bond donors (Lipinski definition) is 1. The summed E-state index contributed by atoms with van der Waals surface area (Å²) in [6.45, 7) is 4.01. The Bertz CT molecular complexity index is 570. The maximum atomic E-state index is 13.0. The van der Waals surface area contributed by atoms with Gasteiger partial charge in [0, 0.05) is 5.56 Å². The van der Waals surface area contributed by atoms with Crippen molar-refractivity contribution in [3.63, 3.8) is 0 Å². The topological polar surface area (TPSA) is 33.6 Å². The fourth-order valence-electron chi connectivity index (χ4n) is 1.41. The quantitative estimate of drug-likeness (QED) is 0.338. The van der Waals surface area contributed by atoms with E-state index in [1.165, 1.54) is 18.2 Å². The van der Waals surface area contributed by atoms with E-state index in [0.717, 1.165) is 0 Å². The van der Waals surface area contributed by atoms with Crippen LogP contribution < -0.4 is 10.2 Å². The van der Waals surface area contributed by atoms with Gasteiger partial charge in [-0.2, -0.15) is 35.8 Å². The van der Waals surface area contributed by atoms with Gasteiger partial charge in [-0.25, -0.2) is 5.43 Å². The molecule has 0 saturated carbocycles. The Morgan fingerprint density at radius 2 is 1.67 bits per heavy atom. The van der Waals surface area contributed by atoms with Crippen LogP contribution in [-0.4, -0.2) is 31.0 Å². The van der Waals surface area contributed by atoms with Gasteiger partial charge in [0.15, 0.2) is 0 Å². The molecule has 0 unspecified atom stereocenters. The predicted molar refractivity (Wildman–Crippen MR) is 73.5 cm³/mol. The molecule has 1 aromatic carbocycles. The van der Waals surface area contributed by atoms with Crippen LogP contribution in [0.4, 0.5) is 30.7 Å². The zero-order valence-corrected chi connectivity index (χ0v) is 12.7. The second kappa shape index (κ2) is 7.27. The van der Waals surface area contributed by atoms with Crippen LogP contribution in [-0.2, 0) is 0 Å². The average Bonchev–Trinajstić information content (AvgIpc) is 2.44. The number of para-hydroxylation sites is 1. The molecule has 0 atom stereocenters. The lowest BCUT2D eigenvalue weighted by Gasteiger charge is -2.27. The fourth-order valence-corrected chi connectivity index (χ4v) is 1.41. The van der Waals surface area contributed by atoms with Crippen LogP contribution in [0, 0.1) is 5.92 Å². The number of halogens is 7. The highest BCUT2D eigenvalue weighted by Gasteiger charge is 2.73. The first kappa shape index (κ1) is 20.0. The van der Waals surface area contributed by atoms with Crippen LogP contribution in [0.25, 0.3) is 0 Å². The molecule has 0 saturated heterocycles. The standard InChI is InChI=1S/C14H15F7N2O/c1-9(2)8-24-11-6-4-3-5-10(11)7-22-23-14(20,21)12(15,16)13(17,18)19/h3-7,9,23H,8H2,1-2H3/b22-7-. The molecule has 136 valence electrons. The van der Waals surface area contributed by atoms with Crippen LogP contribution in [0.1, 0.15) is 19.4 Å². The minimum absolute atomic E-state index is 0.136. The summed E-state index contributed by atoms with van der Waals surface area (Å²) in [5, 5.41) is 2.80. The van der Waals surface area contributed by atoms with E-state index in [0.29, 0.717) is 18.2 Å². The van der Waals surface area contributed by atoms with Gasteiger partial charge in [0.05, 0.1) is 12.8 Å². The van der Waals surface area contributed by atoms with Crippen molar-refractivity contribution in [2.75, 3.05) is 6.61 Å². The molecular formula is C14H15F7N2O. The zero-order chi connectivity index (χ0) is 18.6. The molecule has 0 amide bonds. The van der Waals surface area contributed by atoms with Crippen LogP contribution >= 0.6 is 0 Å². The van der Waals surface area contributed by atoms with E-state index in [4.69, 9.17) is 4.74 Å². The smallest absolute Gasteiger partial charge is 0.462 e. The van der Waals surface area contributed by atoms with Crippen molar-refractivity contribution in [3.8, 4) is 5.75 Å². The summed E-state index contributed by atoms with van der Waals surface area (Å²) in [5.74, 6) is -5.89. The number of nitrogens with one attached hydrogen (secondary N) is 1. The van der Waals surface area contributed by atoms with Crippen molar-refractivity contribution in [2.24, 2.45) is 11.0 Å². The first-order valence-electron chi connectivity index (χ1n) is 6.73. The number of hydrogen-bond acceptors (Lipinski definition) is 3. The molecule has 0 aliphatic heterocycles. The molecule has 0 aliphatic carbocycles. The van der Waals surface area contributed by atoms with E-state index in [9.17, 15) is 30.7 Å². The maximum absolute atomic E-state index is 13.0. The minimum atomic E-state index is -6.42. The summed E-state index contributed by atoms with van der Waals surface area (Å²) in [7, 11) is 0. The fraction of sp³-hybridized carbons (Fsp3) is 0.500. The largest absolute Gasteiger partial charge is 0.493 e. The summed E-state index contributed by atoms with van der Waals surface area (Å²) in [6.07, 6.45) is -5.74. The van der Waals surface area contributed by atoms with Gasteiger partial charge >= 0.3 is 18.1 Å². The lowest BCUT2D eigenvalue weighted by Crippen LogP contribution is -2.58. The van der Waals surface area contributed by atoms with Crippen molar-refractivity contribution in [1.29, 1.82) is 0 Å². The Morgan fingerprint density at radius 1 is 1.08 bits per heavy atom. The lowest BCUT2D eigenvalue weighted by atomic mass is 10.2. The van der Waals surface area contributed by atoms with E-state index in [-0.39, 0.29) is 17.2 Å². The van der Waals surface area contributed by atoms with Gasteiger partial charge in [0.2, 0.25) is 0 Å². The van der Waals surface area contributed by atoms with E-state index in [2.05, 4.69) is 5.10 Å². The van der Waals surface area contributed by atoms with Gasteiger partial charge in [-0.3, -0.25) is 0 Å². The number of ether oxygens (including phenoxy) is 1. The predicted octanol–water partition coefficient (Wildman–Crippen LogP) is 4.44. The Labute approximate surface area is 133 Å². The van der Waals surface area contributed by atoms with Gasteiger partial charge in [-0.15, -0.1) is 0 Å². The molecule has 0 radical (unpaired) electrons. The molecule has 1 rings (SSSR count). The highest BCUT2D eigenvalue weighted by atomic mass is 19.4. The summed E-state index contributed by atoms with van der Waals surface area (Å²) in [6, 6.07) is 0.321. The molecule has 0 fully saturated rings. The molecule has 0 bridgehead atoms. The average molecular weight is 360 g/mol. The Hall–Kier alpha value is -2.00. The van der Waals surface area contributed by atoms with Crippen molar-refractivity contribution >= 4 is 6.21 Å². The van der Waals surface area contributed by atoms with Crippen LogP contribution in [0.5, 0.6) is 5.75 Å². The van der Waals surface area contributed by atoms with E-state index in [1.54, 1.807) is 6.07 Å². The van der Waals surface area contributed by atoms with Gasteiger partial charge in [-0.05, 0) is 18.1 Å². The zero-order valence-electron chi connectivity index (χ0n) is 12.7. The summed E-state index contributed by atoms with van der Waals surface area (Å²) >= 11 is 0. The molecule has 1 N–H and O–H groups in total. The molecule has 0 spiro atoms. The van der Waals surface area contributed by atoms with Crippen molar-refractivity contribution in [2.45, 2.75) is 32.0 Å². The Balaban J connectivity index is 2.87. The highest BCUT2D eigenvalue weighted by Crippen LogP contribution is 2.44. The monoisotopic (exact) mass is 360 g/mol. The van der Waals surface area contributed by atoms with E-state index < -0.39 is 18.1 Å². The molecule has 0 heterocycles. The van der Waals surface area contributed by atoms with Crippen molar-refractivity contribution in [1.82, 2.24) is 5.43 Å². The molecule has 24 heavy (non-hydrogen) atoms. The lowest BCUT2D eigenvalue weighted by molar-refractivity contribution is -0.361. The SMILES string of the molecule is CC(C)COc1ccccc1/C=N\NC(F)(F)C(F)(F)C(F)(F)F. The molecule has 1 aromatic rings. The van der Waals surface area contributed by atoms with Gasteiger partial charge < -0.3 is 4.74 Å². The maximum Gasteiger partial charge on any atom is 0.462 e. The number of nitrogens with zero attached hydrogens (tertiary/aromatic N) is 1. The van der Waals surface area contributed by atoms with Crippen LogP contribution in [0.3, 0.4) is 0 Å². The third-order valence-electron chi connectivity index (χ3n) is 2.65. The summed E-state index contributed by atoms with van der Waals surface area (Å²) in [5.41, 5.74) is 0.693. The normalized spacial score (nSPS) is 13.6. The first-order valence-corrected chi connectivity index (χ1v) is 6.73. The molecular weight excluding hydrogens is 345 g/mol. The molecule has 3 nitrogen and oxygen atoms in total. The van der Waals surface area contributed by atoms with Gasteiger partial charge in [0.25, 0.3) is 0 Å². The number of benzene rings is 1. The van der Waals surface area contributed by atoms with Crippen molar-refractivity contribution in [3.05, 3.63) is 29.8 Å². The summed E-state index contributed by atoms with van der Waals surface area (Å²) in [4.78, 5) is 0. The molecule has 10 heteroatoms. The van der Waals surface area contributed by atoms with Gasteiger partial charge in [-0.1, -0.05) is 26.0 Å². The van der Waals surface area contributed by atoms with Gasteiger partial charge in [0.1, 0.15) is 5.75 Å². The minimum Gasteiger partial charge on any atom is -0.493 e. The molecule has 0 aliphatic rings. The van der Waals surface area contributed by atoms with E-state index >= 15 is 0 Å². The Kier molecular flexibility index (Phi) is 6.07. The third-order valence-corrected chi connectivity index (χ3v) is 2.65. The summed E-state index contributed by atoms with van der Waals surface area (Å²) < 4.78 is 92.7. The highest BCUT2D eigenvalue weighted by molar-refractivity contribution is 5.83. The third kappa shape index (κ3) is 4.75. The van der Waals surface area contributed by atoms with Crippen LogP contribution in [0.15, 0.2) is 29.4 Å². The Morgan fingerprint density at radius 3 is 2.21 bits per heavy atom. The molecule has 0 aromatic heterocycles. The number of hydrazone groups is 1. The number of alkyl halides is 7. The van der Waals surface area contributed by atoms with Crippen molar-refractivity contribution < 1.29 is 35.5 Å². The second-order valence-corrected chi connectivity index (χ2v) is 5.26. The first-order chi connectivity index (χ1) is 10.9. The number of rotatable bonds is 7. The van der Waals surface area contributed by atoms with E-state index in [1.807, 2.05) is 13.8 Å². The van der Waals surface area contributed by atoms with Crippen LogP contribution in [0.2, 0.25) is 0 Å². The second-order valence-electron chi connectivity index (χ2n) is 5.26.